The minimum Gasteiger partial charge on any atom is -0.444 e. The van der Waals surface area contributed by atoms with Crippen LogP contribution in [0, 0.1) is 0 Å². The molecule has 1 rings (SSSR count). The summed E-state index contributed by atoms with van der Waals surface area (Å²) in [5, 5.41) is 2.63. The van der Waals surface area contributed by atoms with Gasteiger partial charge in [-0.2, -0.15) is 0 Å². The van der Waals surface area contributed by atoms with Gasteiger partial charge in [-0.3, -0.25) is 4.79 Å². The lowest BCUT2D eigenvalue weighted by Crippen LogP contribution is -2.42. The standard InChI is InChI=1S/C16H23NO3/c1-12(18)14(17-15(19)20-16(2,3)4)11-10-13-8-6-5-7-9-13/h5-9,14H,10-11H2,1-4H3,(H,17,19)/t14-/m0/s1. The number of amides is 1. The molecule has 0 unspecified atom stereocenters. The van der Waals surface area contributed by atoms with Crippen molar-refractivity contribution in [1.82, 2.24) is 5.32 Å². The maximum absolute atomic E-state index is 11.7. The molecule has 4 heteroatoms. The molecule has 0 aliphatic heterocycles. The number of hydrogen-bond donors (Lipinski definition) is 1. The number of carbonyl (C=O) groups is 2. The van der Waals surface area contributed by atoms with Crippen molar-refractivity contribution in [3.05, 3.63) is 35.9 Å². The van der Waals surface area contributed by atoms with Crippen LogP contribution < -0.4 is 5.32 Å². The number of rotatable bonds is 5. The van der Waals surface area contributed by atoms with Crippen LogP contribution in [0.5, 0.6) is 0 Å². The van der Waals surface area contributed by atoms with Crippen LogP contribution in [0.3, 0.4) is 0 Å². The van der Waals surface area contributed by atoms with Crippen molar-refractivity contribution in [1.29, 1.82) is 0 Å². The summed E-state index contributed by atoms with van der Waals surface area (Å²) in [6, 6.07) is 9.36. The molecular formula is C16H23NO3. The van der Waals surface area contributed by atoms with Crippen LogP contribution in [0.15, 0.2) is 30.3 Å². The molecule has 110 valence electrons. The van der Waals surface area contributed by atoms with Crippen LogP contribution in [0.25, 0.3) is 0 Å². The lowest BCUT2D eigenvalue weighted by molar-refractivity contribution is -0.119. The number of hydrogen-bond acceptors (Lipinski definition) is 3. The Morgan fingerprint density at radius 3 is 2.30 bits per heavy atom. The summed E-state index contributed by atoms with van der Waals surface area (Å²) >= 11 is 0. The molecule has 20 heavy (non-hydrogen) atoms. The number of benzene rings is 1. The van der Waals surface area contributed by atoms with Gasteiger partial charge in [0.25, 0.3) is 0 Å². The normalized spacial score (nSPS) is 12.6. The van der Waals surface area contributed by atoms with E-state index in [1.54, 1.807) is 20.8 Å². The number of carbonyl (C=O) groups excluding carboxylic acids is 2. The highest BCUT2D eigenvalue weighted by Crippen LogP contribution is 2.09. The van der Waals surface area contributed by atoms with Gasteiger partial charge >= 0.3 is 6.09 Å². The maximum Gasteiger partial charge on any atom is 0.408 e. The molecule has 0 fully saturated rings. The molecule has 0 aromatic heterocycles. The molecule has 1 amide bonds. The predicted octanol–water partition coefficient (Wildman–Crippen LogP) is 3.10. The van der Waals surface area contributed by atoms with Crippen molar-refractivity contribution in [3.8, 4) is 0 Å². The highest BCUT2D eigenvalue weighted by molar-refractivity contribution is 5.85. The molecule has 0 aliphatic rings. The molecule has 0 saturated carbocycles. The highest BCUT2D eigenvalue weighted by Gasteiger charge is 2.21. The lowest BCUT2D eigenvalue weighted by Gasteiger charge is -2.22. The Hall–Kier alpha value is -1.84. The third-order valence-corrected chi connectivity index (χ3v) is 2.75. The van der Waals surface area contributed by atoms with Crippen LogP contribution in [0.2, 0.25) is 0 Å². The maximum atomic E-state index is 11.7. The van der Waals surface area contributed by atoms with Crippen molar-refractivity contribution in [3.63, 3.8) is 0 Å². The molecule has 0 radical (unpaired) electrons. The second kappa shape index (κ2) is 7.08. The number of nitrogens with one attached hydrogen (secondary N) is 1. The fourth-order valence-electron chi connectivity index (χ4n) is 1.78. The van der Waals surface area contributed by atoms with E-state index in [-0.39, 0.29) is 5.78 Å². The minimum atomic E-state index is -0.565. The zero-order valence-corrected chi connectivity index (χ0v) is 12.6. The third kappa shape index (κ3) is 6.36. The molecule has 0 bridgehead atoms. The van der Waals surface area contributed by atoms with E-state index < -0.39 is 17.7 Å². The Morgan fingerprint density at radius 2 is 1.80 bits per heavy atom. The van der Waals surface area contributed by atoms with Gasteiger partial charge in [-0.25, -0.2) is 4.79 Å². The quantitative estimate of drug-likeness (QED) is 0.899. The highest BCUT2D eigenvalue weighted by atomic mass is 16.6. The summed E-state index contributed by atoms with van der Waals surface area (Å²) in [5.74, 6) is -0.0632. The monoisotopic (exact) mass is 277 g/mol. The fourth-order valence-corrected chi connectivity index (χ4v) is 1.78. The summed E-state index contributed by atoms with van der Waals surface area (Å²) in [6.45, 7) is 6.85. The van der Waals surface area contributed by atoms with E-state index in [1.165, 1.54) is 6.92 Å². The third-order valence-electron chi connectivity index (χ3n) is 2.75. The van der Waals surface area contributed by atoms with Gasteiger partial charge in [0.2, 0.25) is 0 Å². The molecule has 0 saturated heterocycles. The summed E-state index contributed by atoms with van der Waals surface area (Å²) < 4.78 is 5.17. The Labute approximate surface area is 120 Å². The molecule has 0 aliphatic carbocycles. The van der Waals surface area contributed by atoms with Gasteiger partial charge in [-0.1, -0.05) is 30.3 Å². The topological polar surface area (TPSA) is 55.4 Å². The van der Waals surface area contributed by atoms with Gasteiger partial charge in [0, 0.05) is 0 Å². The van der Waals surface area contributed by atoms with Crippen LogP contribution in [0.1, 0.15) is 39.7 Å². The molecule has 1 aromatic rings. The van der Waals surface area contributed by atoms with Crippen molar-refractivity contribution in [2.45, 2.75) is 52.2 Å². The number of ether oxygens (including phenoxy) is 1. The number of ketones is 1. The van der Waals surface area contributed by atoms with E-state index in [2.05, 4.69) is 5.32 Å². The van der Waals surface area contributed by atoms with Crippen LogP contribution in [0.4, 0.5) is 4.79 Å². The number of Topliss-reactive ketones (excluding diaryl/α,β-unsaturated/α-hetero) is 1. The van der Waals surface area contributed by atoms with Gasteiger partial charge in [0.1, 0.15) is 5.60 Å². The Balaban J connectivity index is 2.53. The van der Waals surface area contributed by atoms with Crippen LogP contribution >= 0.6 is 0 Å². The van der Waals surface area contributed by atoms with Gasteiger partial charge in [-0.05, 0) is 46.1 Å². The van der Waals surface area contributed by atoms with E-state index >= 15 is 0 Å². The van der Waals surface area contributed by atoms with E-state index in [1.807, 2.05) is 30.3 Å². The first-order valence-corrected chi connectivity index (χ1v) is 6.82. The molecule has 1 atom stereocenters. The zero-order valence-electron chi connectivity index (χ0n) is 12.6. The molecule has 0 heterocycles. The SMILES string of the molecule is CC(=O)[C@H](CCc1ccccc1)NC(=O)OC(C)(C)C. The van der Waals surface area contributed by atoms with Crippen molar-refractivity contribution < 1.29 is 14.3 Å². The second-order valence-corrected chi connectivity index (χ2v) is 5.83. The average Bonchev–Trinajstić information content (AvgIpc) is 2.33. The van der Waals surface area contributed by atoms with Crippen molar-refractivity contribution >= 4 is 11.9 Å². The molecule has 0 spiro atoms. The summed E-state index contributed by atoms with van der Waals surface area (Å²) in [5.41, 5.74) is 0.579. The van der Waals surface area contributed by atoms with Gasteiger partial charge < -0.3 is 10.1 Å². The Kier molecular flexibility index (Phi) is 5.74. The Morgan fingerprint density at radius 1 is 1.20 bits per heavy atom. The van der Waals surface area contributed by atoms with Crippen molar-refractivity contribution in [2.75, 3.05) is 0 Å². The Bertz CT molecular complexity index is 449. The van der Waals surface area contributed by atoms with Crippen molar-refractivity contribution in [2.24, 2.45) is 0 Å². The predicted molar refractivity (Wildman–Crippen MR) is 78.6 cm³/mol. The van der Waals surface area contributed by atoms with Crippen LogP contribution in [-0.2, 0) is 16.0 Å². The fraction of sp³-hybridized carbons (Fsp3) is 0.500. The van der Waals surface area contributed by atoms with E-state index in [4.69, 9.17) is 4.74 Å². The first kappa shape index (κ1) is 16.2. The smallest absolute Gasteiger partial charge is 0.408 e. The molecule has 1 aromatic carbocycles. The molecule has 1 N–H and O–H groups in total. The van der Waals surface area contributed by atoms with Crippen LogP contribution in [-0.4, -0.2) is 23.5 Å². The minimum absolute atomic E-state index is 0.0632. The zero-order chi connectivity index (χ0) is 15.2. The summed E-state index contributed by atoms with van der Waals surface area (Å²) in [7, 11) is 0. The van der Waals surface area contributed by atoms with Gasteiger partial charge in [0.15, 0.2) is 5.78 Å². The van der Waals surface area contributed by atoms with E-state index in [0.717, 1.165) is 12.0 Å². The number of alkyl carbamates (subject to hydrolysis) is 1. The van der Waals surface area contributed by atoms with E-state index in [9.17, 15) is 9.59 Å². The largest absolute Gasteiger partial charge is 0.444 e. The first-order valence-electron chi connectivity index (χ1n) is 6.82. The molecule has 4 nitrogen and oxygen atoms in total. The van der Waals surface area contributed by atoms with Gasteiger partial charge in [-0.15, -0.1) is 0 Å². The second-order valence-electron chi connectivity index (χ2n) is 5.83. The summed E-state index contributed by atoms with van der Waals surface area (Å²) in [4.78, 5) is 23.3. The van der Waals surface area contributed by atoms with E-state index in [0.29, 0.717) is 6.42 Å². The van der Waals surface area contributed by atoms with Gasteiger partial charge in [0.05, 0.1) is 6.04 Å². The first-order chi connectivity index (χ1) is 9.28. The molecular weight excluding hydrogens is 254 g/mol. The number of aryl methyl sites for hydroxylation is 1. The average molecular weight is 277 g/mol. The summed E-state index contributed by atoms with van der Waals surface area (Å²) in [6.07, 6.45) is 0.755. The lowest BCUT2D eigenvalue weighted by atomic mass is 10.0.